The molecule has 0 aliphatic rings. The van der Waals surface area contributed by atoms with Crippen molar-refractivity contribution in [2.75, 3.05) is 24.0 Å². The molecule has 3 N–H and O–H groups in total. The molecule has 1 rings (SSSR count). The van der Waals surface area contributed by atoms with Crippen LogP contribution in [-0.2, 0) is 11.3 Å². The summed E-state index contributed by atoms with van der Waals surface area (Å²) in [6, 6.07) is 2.22. The SMILES string of the molecule is CCOCc1nc(NN)cc(N(C)C(C)C(C)C)n1. The number of nitrogen functional groups attached to an aromatic ring is 1. The molecule has 1 unspecified atom stereocenters. The molecule has 1 aromatic heterocycles. The Morgan fingerprint density at radius 1 is 1.37 bits per heavy atom. The zero-order valence-electron chi connectivity index (χ0n) is 12.5. The first-order valence-electron chi connectivity index (χ1n) is 6.64. The van der Waals surface area contributed by atoms with Crippen molar-refractivity contribution >= 4 is 11.6 Å². The maximum Gasteiger partial charge on any atom is 0.158 e. The van der Waals surface area contributed by atoms with Crippen molar-refractivity contribution in [1.82, 2.24) is 9.97 Å². The number of nitrogens with one attached hydrogen (secondary N) is 1. The second-order valence-corrected chi connectivity index (χ2v) is 4.90. The van der Waals surface area contributed by atoms with Gasteiger partial charge in [-0.25, -0.2) is 15.8 Å². The molecule has 0 aliphatic heterocycles. The summed E-state index contributed by atoms with van der Waals surface area (Å²) in [5, 5.41) is 0. The number of aromatic nitrogens is 2. The number of hydrogen-bond donors (Lipinski definition) is 2. The van der Waals surface area contributed by atoms with Crippen molar-refractivity contribution in [3.05, 3.63) is 11.9 Å². The predicted molar refractivity (Wildman–Crippen MR) is 77.9 cm³/mol. The summed E-state index contributed by atoms with van der Waals surface area (Å²) < 4.78 is 5.35. The average Bonchev–Trinajstić information content (AvgIpc) is 2.42. The number of rotatable bonds is 7. The number of anilines is 2. The molecule has 0 aromatic carbocycles. The van der Waals surface area contributed by atoms with Gasteiger partial charge in [-0.1, -0.05) is 13.8 Å². The van der Waals surface area contributed by atoms with Gasteiger partial charge in [0, 0.05) is 25.8 Å². The van der Waals surface area contributed by atoms with Gasteiger partial charge in [0.15, 0.2) is 5.82 Å². The van der Waals surface area contributed by atoms with E-state index in [0.29, 0.717) is 36.8 Å². The van der Waals surface area contributed by atoms with Crippen LogP contribution in [0, 0.1) is 5.92 Å². The van der Waals surface area contributed by atoms with E-state index in [-0.39, 0.29) is 0 Å². The lowest BCUT2D eigenvalue weighted by atomic mass is 10.1. The highest BCUT2D eigenvalue weighted by Crippen LogP contribution is 2.19. The molecule has 1 aromatic rings. The zero-order valence-corrected chi connectivity index (χ0v) is 12.5. The number of nitrogens with zero attached hydrogens (tertiary/aromatic N) is 3. The van der Waals surface area contributed by atoms with Gasteiger partial charge in [-0.05, 0) is 19.8 Å². The maximum atomic E-state index is 5.45. The van der Waals surface area contributed by atoms with Gasteiger partial charge in [-0.2, -0.15) is 0 Å². The molecular formula is C13H25N5O. The number of hydrogen-bond acceptors (Lipinski definition) is 6. The molecule has 0 saturated carbocycles. The van der Waals surface area contributed by atoms with Gasteiger partial charge in [0.25, 0.3) is 0 Å². The third kappa shape index (κ3) is 4.33. The summed E-state index contributed by atoms with van der Waals surface area (Å²) in [7, 11) is 2.03. The van der Waals surface area contributed by atoms with E-state index in [1.54, 1.807) is 0 Å². The molecule has 6 heteroatoms. The van der Waals surface area contributed by atoms with Crippen LogP contribution in [0.1, 0.15) is 33.5 Å². The first-order chi connectivity index (χ1) is 8.99. The van der Waals surface area contributed by atoms with Crippen molar-refractivity contribution in [2.24, 2.45) is 11.8 Å². The summed E-state index contributed by atoms with van der Waals surface area (Å²) in [6.45, 7) is 9.51. The molecule has 0 spiro atoms. The molecule has 0 saturated heterocycles. The van der Waals surface area contributed by atoms with Gasteiger partial charge in [0.2, 0.25) is 0 Å². The molecule has 1 atom stereocenters. The molecule has 0 amide bonds. The lowest BCUT2D eigenvalue weighted by Crippen LogP contribution is -2.34. The van der Waals surface area contributed by atoms with E-state index in [0.717, 1.165) is 5.82 Å². The van der Waals surface area contributed by atoms with E-state index in [1.807, 2.05) is 20.0 Å². The average molecular weight is 267 g/mol. The van der Waals surface area contributed by atoms with Gasteiger partial charge in [0.05, 0.1) is 0 Å². The van der Waals surface area contributed by atoms with Crippen molar-refractivity contribution in [3.63, 3.8) is 0 Å². The van der Waals surface area contributed by atoms with E-state index in [4.69, 9.17) is 10.6 Å². The lowest BCUT2D eigenvalue weighted by Gasteiger charge is -2.29. The maximum absolute atomic E-state index is 5.45. The second-order valence-electron chi connectivity index (χ2n) is 4.90. The van der Waals surface area contributed by atoms with E-state index >= 15 is 0 Å². The van der Waals surface area contributed by atoms with Gasteiger partial charge in [0.1, 0.15) is 18.2 Å². The smallest absolute Gasteiger partial charge is 0.158 e. The van der Waals surface area contributed by atoms with Crippen molar-refractivity contribution < 1.29 is 4.74 Å². The molecule has 6 nitrogen and oxygen atoms in total. The highest BCUT2D eigenvalue weighted by molar-refractivity contribution is 5.49. The van der Waals surface area contributed by atoms with Crippen LogP contribution in [0.3, 0.4) is 0 Å². The molecule has 0 fully saturated rings. The number of hydrazine groups is 1. The minimum Gasteiger partial charge on any atom is -0.374 e. The van der Waals surface area contributed by atoms with E-state index in [9.17, 15) is 0 Å². The Labute approximate surface area is 115 Å². The first kappa shape index (κ1) is 15.7. The Balaban J connectivity index is 2.98. The van der Waals surface area contributed by atoms with Gasteiger partial charge < -0.3 is 15.1 Å². The quantitative estimate of drug-likeness (QED) is 0.579. The third-order valence-corrected chi connectivity index (χ3v) is 3.28. The number of nitrogens with two attached hydrogens (primary N) is 1. The monoisotopic (exact) mass is 267 g/mol. The molecule has 0 bridgehead atoms. The number of ether oxygens (including phenoxy) is 1. The van der Waals surface area contributed by atoms with Gasteiger partial charge in [-0.15, -0.1) is 0 Å². The normalized spacial score (nSPS) is 12.6. The van der Waals surface area contributed by atoms with Gasteiger partial charge >= 0.3 is 0 Å². The van der Waals surface area contributed by atoms with E-state index < -0.39 is 0 Å². The van der Waals surface area contributed by atoms with Crippen LogP contribution in [0.15, 0.2) is 6.07 Å². The van der Waals surface area contributed by atoms with Crippen LogP contribution in [0.25, 0.3) is 0 Å². The highest BCUT2D eigenvalue weighted by Gasteiger charge is 2.16. The van der Waals surface area contributed by atoms with E-state index in [1.165, 1.54) is 0 Å². The first-order valence-corrected chi connectivity index (χ1v) is 6.64. The minimum absolute atomic E-state index is 0.375. The van der Waals surface area contributed by atoms with Crippen LogP contribution in [0.4, 0.5) is 11.6 Å². The Hall–Kier alpha value is -1.40. The minimum atomic E-state index is 0.375. The fraction of sp³-hybridized carbons (Fsp3) is 0.692. The molecule has 0 aliphatic carbocycles. The fourth-order valence-electron chi connectivity index (χ4n) is 1.65. The van der Waals surface area contributed by atoms with Gasteiger partial charge in [-0.3, -0.25) is 0 Å². The highest BCUT2D eigenvalue weighted by atomic mass is 16.5. The molecule has 1 heterocycles. The molecule has 108 valence electrons. The van der Waals surface area contributed by atoms with Crippen LogP contribution in [-0.4, -0.2) is 29.7 Å². The molecule has 19 heavy (non-hydrogen) atoms. The van der Waals surface area contributed by atoms with Crippen molar-refractivity contribution in [3.8, 4) is 0 Å². The van der Waals surface area contributed by atoms with Crippen molar-refractivity contribution in [1.29, 1.82) is 0 Å². The topological polar surface area (TPSA) is 76.3 Å². The van der Waals surface area contributed by atoms with Crippen molar-refractivity contribution in [2.45, 2.75) is 40.3 Å². The second kappa shape index (κ2) is 7.25. The largest absolute Gasteiger partial charge is 0.374 e. The Morgan fingerprint density at radius 3 is 2.58 bits per heavy atom. The Bertz CT molecular complexity index is 397. The summed E-state index contributed by atoms with van der Waals surface area (Å²) in [6.07, 6.45) is 0. The Morgan fingerprint density at radius 2 is 2.05 bits per heavy atom. The zero-order chi connectivity index (χ0) is 14.4. The fourth-order valence-corrected chi connectivity index (χ4v) is 1.65. The van der Waals surface area contributed by atoms with Crippen LogP contribution >= 0.6 is 0 Å². The van der Waals surface area contributed by atoms with Crippen LogP contribution in [0.5, 0.6) is 0 Å². The summed E-state index contributed by atoms with van der Waals surface area (Å²) in [5.74, 6) is 8.06. The molecular weight excluding hydrogens is 242 g/mol. The van der Waals surface area contributed by atoms with Crippen LogP contribution < -0.4 is 16.2 Å². The van der Waals surface area contributed by atoms with E-state index in [2.05, 4.69) is 41.1 Å². The Kier molecular flexibility index (Phi) is 5.98. The summed E-state index contributed by atoms with van der Waals surface area (Å²) in [5.41, 5.74) is 2.57. The summed E-state index contributed by atoms with van der Waals surface area (Å²) in [4.78, 5) is 10.9. The lowest BCUT2D eigenvalue weighted by molar-refractivity contribution is 0.128. The van der Waals surface area contributed by atoms with Crippen LogP contribution in [0.2, 0.25) is 0 Å². The summed E-state index contributed by atoms with van der Waals surface area (Å²) >= 11 is 0. The molecule has 0 radical (unpaired) electrons. The standard InChI is InChI=1S/C13H25N5O/c1-6-19-8-12-15-11(17-14)7-13(16-12)18(5)10(4)9(2)3/h7,9-10H,6,8,14H2,1-5H3,(H,15,16,17). The predicted octanol–water partition coefficient (Wildman–Crippen LogP) is 1.78. The third-order valence-electron chi connectivity index (χ3n) is 3.28.